The summed E-state index contributed by atoms with van der Waals surface area (Å²) in [5.74, 6) is 0.787. The number of aromatic nitrogens is 4. The number of rotatable bonds is 6. The van der Waals surface area contributed by atoms with Gasteiger partial charge in [-0.05, 0) is 74.3 Å². The second kappa shape index (κ2) is 13.9. The summed E-state index contributed by atoms with van der Waals surface area (Å²) >= 11 is 0. The lowest BCUT2D eigenvalue weighted by molar-refractivity contribution is 1.05. The van der Waals surface area contributed by atoms with Gasteiger partial charge in [-0.25, -0.2) is 4.98 Å². The van der Waals surface area contributed by atoms with E-state index in [9.17, 15) is 0 Å². The summed E-state index contributed by atoms with van der Waals surface area (Å²) in [5.41, 5.74) is 18.0. The Labute approximate surface area is 348 Å². The first-order valence-corrected chi connectivity index (χ1v) is 20.4. The van der Waals surface area contributed by atoms with Crippen molar-refractivity contribution in [3.8, 4) is 61.5 Å². The molecule has 0 bridgehead atoms. The van der Waals surface area contributed by atoms with Crippen molar-refractivity contribution >= 4 is 55.9 Å². The topological polar surface area (TPSA) is 43.6 Å². The van der Waals surface area contributed by atoms with Crippen LogP contribution in [-0.4, -0.2) is 26.2 Å². The van der Waals surface area contributed by atoms with E-state index in [1.54, 1.807) is 0 Å². The van der Waals surface area contributed by atoms with E-state index in [1.165, 1.54) is 44.0 Å². The van der Waals surface area contributed by atoms with Gasteiger partial charge in [0.25, 0.3) is 6.71 Å². The number of para-hydroxylation sites is 2. The highest BCUT2D eigenvalue weighted by molar-refractivity contribution is 6.98. The number of fused-ring (bicyclic) bond motifs is 5. The van der Waals surface area contributed by atoms with Crippen molar-refractivity contribution < 1.29 is 0 Å². The van der Waals surface area contributed by atoms with Crippen molar-refractivity contribution in [3.05, 3.63) is 213 Å². The molecule has 12 rings (SSSR count). The Morgan fingerprint density at radius 3 is 1.60 bits per heavy atom. The highest BCUT2D eigenvalue weighted by Gasteiger charge is 2.36. The van der Waals surface area contributed by atoms with E-state index >= 15 is 0 Å². The quantitative estimate of drug-likeness (QED) is 0.159. The minimum absolute atomic E-state index is 0.219. The van der Waals surface area contributed by atoms with Crippen LogP contribution in [0, 0.1) is 0 Å². The first kappa shape index (κ1) is 34.2. The lowest BCUT2D eigenvalue weighted by Crippen LogP contribution is -2.56. The number of pyridine rings is 1. The molecule has 3 aromatic heterocycles. The maximum Gasteiger partial charge on any atom is 0.268 e. The molecule has 0 radical (unpaired) electrons. The molecule has 1 aliphatic heterocycles. The molecular formula is C55H35BN4. The summed E-state index contributed by atoms with van der Waals surface area (Å²) in [6.07, 6.45) is 6.01. The lowest BCUT2D eigenvalue weighted by atomic mass is 9.35. The Morgan fingerprint density at radius 2 is 0.933 bits per heavy atom. The van der Waals surface area contributed by atoms with Crippen molar-refractivity contribution in [1.82, 2.24) is 19.5 Å². The molecule has 1 aliphatic rings. The maximum absolute atomic E-state index is 5.37. The lowest BCUT2D eigenvalue weighted by Gasteiger charge is -2.29. The van der Waals surface area contributed by atoms with Crippen LogP contribution in [0.3, 0.4) is 0 Å². The van der Waals surface area contributed by atoms with E-state index < -0.39 is 0 Å². The van der Waals surface area contributed by atoms with Gasteiger partial charge in [0.15, 0.2) is 5.82 Å². The van der Waals surface area contributed by atoms with Crippen LogP contribution in [-0.2, 0) is 0 Å². The van der Waals surface area contributed by atoms with Crippen molar-refractivity contribution in [2.75, 3.05) is 0 Å². The molecule has 0 amide bonds. The maximum atomic E-state index is 5.37. The second-order valence-electron chi connectivity index (χ2n) is 15.6. The molecule has 0 aliphatic carbocycles. The van der Waals surface area contributed by atoms with Gasteiger partial charge in [-0.15, -0.1) is 0 Å². The average Bonchev–Trinajstić information content (AvgIpc) is 3.67. The molecule has 0 saturated carbocycles. The van der Waals surface area contributed by atoms with Crippen molar-refractivity contribution in [2.24, 2.45) is 0 Å². The van der Waals surface area contributed by atoms with Gasteiger partial charge in [0.2, 0.25) is 0 Å². The van der Waals surface area contributed by atoms with Gasteiger partial charge in [-0.2, -0.15) is 0 Å². The average molecular weight is 763 g/mol. The summed E-state index contributed by atoms with van der Waals surface area (Å²) in [5, 5.41) is 3.55. The van der Waals surface area contributed by atoms with Gasteiger partial charge in [0.05, 0.1) is 22.7 Å². The number of hydrogen-bond acceptors (Lipinski definition) is 3. The third-order valence-corrected chi connectivity index (χ3v) is 12.2. The summed E-state index contributed by atoms with van der Waals surface area (Å²) in [6.45, 7) is -0.219. The Kier molecular flexibility index (Phi) is 7.92. The van der Waals surface area contributed by atoms with E-state index in [-0.39, 0.29) is 6.71 Å². The van der Waals surface area contributed by atoms with Crippen LogP contribution in [0.15, 0.2) is 213 Å². The largest absolute Gasteiger partial charge is 0.293 e. The molecular weight excluding hydrogens is 727 g/mol. The van der Waals surface area contributed by atoms with Crippen LogP contribution in [0.25, 0.3) is 94.2 Å². The minimum Gasteiger partial charge on any atom is -0.293 e. The van der Waals surface area contributed by atoms with Crippen LogP contribution < -0.4 is 16.5 Å². The van der Waals surface area contributed by atoms with E-state index in [0.717, 1.165) is 66.7 Å². The first-order chi connectivity index (χ1) is 29.8. The monoisotopic (exact) mass is 762 g/mol. The molecule has 5 heteroatoms. The van der Waals surface area contributed by atoms with Gasteiger partial charge < -0.3 is 0 Å². The SMILES string of the molecule is c1ccc(-c2cccc(-c3ccc4c(c3)B(c3cnc(-n5c6ccccc6c6ccccc65)cn3)c3cc(-c5ccccc5)cc5ncc(-c6ccccc6)c-4c35)c2)cc1. The Balaban J connectivity index is 1.11. The number of hydrogen-bond donors (Lipinski definition) is 0. The number of nitrogens with zero attached hydrogens (tertiary/aromatic N) is 4. The van der Waals surface area contributed by atoms with Crippen LogP contribution >= 0.6 is 0 Å². The van der Waals surface area contributed by atoms with Gasteiger partial charge in [0.1, 0.15) is 0 Å². The van der Waals surface area contributed by atoms with Crippen LogP contribution in [0.5, 0.6) is 0 Å². The fourth-order valence-electron chi connectivity index (χ4n) is 9.47. The molecule has 60 heavy (non-hydrogen) atoms. The molecule has 278 valence electrons. The zero-order valence-corrected chi connectivity index (χ0v) is 32.6. The molecule has 0 spiro atoms. The first-order valence-electron chi connectivity index (χ1n) is 20.4. The summed E-state index contributed by atoms with van der Waals surface area (Å²) in [6, 6.07) is 69.4. The predicted molar refractivity (Wildman–Crippen MR) is 250 cm³/mol. The van der Waals surface area contributed by atoms with E-state index in [2.05, 4.69) is 205 Å². The molecule has 4 heterocycles. The third kappa shape index (κ3) is 5.51. The molecule has 0 fully saturated rings. The van der Waals surface area contributed by atoms with Crippen LogP contribution in [0.1, 0.15) is 0 Å². The summed E-state index contributed by atoms with van der Waals surface area (Å²) < 4.78 is 2.23. The van der Waals surface area contributed by atoms with Crippen LogP contribution in [0.4, 0.5) is 0 Å². The third-order valence-electron chi connectivity index (χ3n) is 12.2. The van der Waals surface area contributed by atoms with Crippen molar-refractivity contribution in [2.45, 2.75) is 0 Å². The van der Waals surface area contributed by atoms with E-state index in [1.807, 2.05) is 12.4 Å². The van der Waals surface area contributed by atoms with Gasteiger partial charge >= 0.3 is 0 Å². The molecule has 0 saturated heterocycles. The predicted octanol–water partition coefficient (Wildman–Crippen LogP) is 11.3. The molecule has 0 unspecified atom stereocenters. The highest BCUT2D eigenvalue weighted by Crippen LogP contribution is 2.41. The fraction of sp³-hybridized carbons (Fsp3) is 0. The van der Waals surface area contributed by atoms with Gasteiger partial charge in [-0.1, -0.05) is 181 Å². The van der Waals surface area contributed by atoms with Crippen LogP contribution in [0.2, 0.25) is 0 Å². The Bertz CT molecular complexity index is 3360. The molecule has 0 atom stereocenters. The molecule has 4 nitrogen and oxygen atoms in total. The van der Waals surface area contributed by atoms with Crippen molar-refractivity contribution in [3.63, 3.8) is 0 Å². The van der Waals surface area contributed by atoms with Gasteiger partial charge in [-0.3, -0.25) is 14.5 Å². The minimum atomic E-state index is -0.219. The molecule has 8 aromatic carbocycles. The molecule has 0 N–H and O–H groups in total. The van der Waals surface area contributed by atoms with Gasteiger partial charge in [0, 0.05) is 39.7 Å². The molecule has 11 aromatic rings. The van der Waals surface area contributed by atoms with E-state index in [0.29, 0.717) is 0 Å². The summed E-state index contributed by atoms with van der Waals surface area (Å²) in [7, 11) is 0. The second-order valence-corrected chi connectivity index (χ2v) is 15.6. The Morgan fingerprint density at radius 1 is 0.367 bits per heavy atom. The zero-order chi connectivity index (χ0) is 39.6. The normalized spacial score (nSPS) is 12.0. The van der Waals surface area contributed by atoms with Crippen molar-refractivity contribution in [1.29, 1.82) is 0 Å². The zero-order valence-electron chi connectivity index (χ0n) is 32.6. The number of benzene rings is 8. The van der Waals surface area contributed by atoms with E-state index in [4.69, 9.17) is 15.0 Å². The fourth-order valence-corrected chi connectivity index (χ4v) is 9.47. The summed E-state index contributed by atoms with van der Waals surface area (Å²) in [4.78, 5) is 15.8. The highest BCUT2D eigenvalue weighted by atomic mass is 15.1. The standard InChI is InChI=1S/C55H35BN4/c1-4-15-36(16-5-1)39-21-14-22-40(29-39)41-27-28-45-47(30-41)56(52-34-59-53(35-58-52)60-50-25-12-10-23-43(50)44-24-11-13-26-51(44)60)48-31-42(37-17-6-2-7-18-37)32-49-55(48)54(45)46(33-57-49)38-19-8-3-9-20-38/h1-35H. The Hall–Kier alpha value is -7.89. The smallest absolute Gasteiger partial charge is 0.268 e.